The Bertz CT molecular complexity index is 2310. The van der Waals surface area contributed by atoms with Gasteiger partial charge in [-0.1, -0.05) is 0 Å². The van der Waals surface area contributed by atoms with Crippen LogP contribution in [0.15, 0.2) is 86.0 Å². The lowest BCUT2D eigenvalue weighted by molar-refractivity contribution is 0.0686. The average molecular weight is 745 g/mol. The van der Waals surface area contributed by atoms with Gasteiger partial charge in [-0.2, -0.15) is 0 Å². The van der Waals surface area contributed by atoms with E-state index in [0.29, 0.717) is 23.8 Å². The summed E-state index contributed by atoms with van der Waals surface area (Å²) in [5.74, 6) is -9.31. The first-order valence-electron chi connectivity index (χ1n) is 14.9. The van der Waals surface area contributed by atoms with Gasteiger partial charge in [-0.3, -0.25) is 18.7 Å². The van der Waals surface area contributed by atoms with E-state index in [1.807, 2.05) is 0 Å². The van der Waals surface area contributed by atoms with Gasteiger partial charge in [0.25, 0.3) is 11.8 Å². The minimum Gasteiger partial charge on any atom is -0.478 e. The normalized spacial score (nSPS) is 11.2. The van der Waals surface area contributed by atoms with Crippen LogP contribution >= 0.6 is 0 Å². The largest absolute Gasteiger partial charge is 0.478 e. The lowest BCUT2D eigenvalue weighted by Gasteiger charge is -2.14. The summed E-state index contributed by atoms with van der Waals surface area (Å²) in [6, 6.07) is 8.04. The Labute approximate surface area is 295 Å². The molecule has 6 rings (SSSR count). The molecule has 0 saturated carbocycles. The molecule has 0 aliphatic carbocycles. The zero-order chi connectivity index (χ0) is 37.9. The van der Waals surface area contributed by atoms with E-state index in [2.05, 4.69) is 41.0 Å². The summed E-state index contributed by atoms with van der Waals surface area (Å²) in [6.07, 6.45) is 9.02. The van der Waals surface area contributed by atoms with Gasteiger partial charge in [-0.25, -0.2) is 36.8 Å². The van der Waals surface area contributed by atoms with Crippen LogP contribution in [0.1, 0.15) is 52.8 Å². The molecular formula is C32H22F2N10O8S. The number of aromatic carboxylic acids is 2. The molecule has 0 aliphatic heterocycles. The average Bonchev–Trinajstić information content (AvgIpc) is 3.86. The Morgan fingerprint density at radius 2 is 1.06 bits per heavy atom. The lowest BCUT2D eigenvalue weighted by Crippen LogP contribution is -2.19. The molecule has 0 aliphatic rings. The summed E-state index contributed by atoms with van der Waals surface area (Å²) in [5.41, 5.74) is -4.05. The Morgan fingerprint density at radius 1 is 0.642 bits per heavy atom. The van der Waals surface area contributed by atoms with Crippen molar-refractivity contribution in [3.8, 4) is 11.6 Å². The number of sulfone groups is 1. The van der Waals surface area contributed by atoms with Crippen molar-refractivity contribution in [1.82, 2.24) is 39.5 Å². The van der Waals surface area contributed by atoms with Crippen LogP contribution in [0.4, 0.5) is 20.2 Å². The van der Waals surface area contributed by atoms with Gasteiger partial charge in [-0.15, -0.1) is 20.4 Å². The molecule has 0 radical (unpaired) electrons. The monoisotopic (exact) mass is 744 g/mol. The van der Waals surface area contributed by atoms with Crippen LogP contribution in [0, 0.1) is 11.6 Å². The maximum absolute atomic E-state index is 15.1. The zero-order valence-corrected chi connectivity index (χ0v) is 27.4. The number of aromatic nitrogens is 8. The first-order chi connectivity index (χ1) is 25.3. The predicted octanol–water partition coefficient (Wildman–Crippen LogP) is 2.93. The molecule has 6 aromatic rings. The summed E-state index contributed by atoms with van der Waals surface area (Å²) in [7, 11) is -4.51. The lowest BCUT2D eigenvalue weighted by atomic mass is 10.1. The molecule has 4 aromatic heterocycles. The third-order valence-corrected chi connectivity index (χ3v) is 8.89. The number of amides is 2. The van der Waals surface area contributed by atoms with Crippen LogP contribution in [0.3, 0.4) is 0 Å². The van der Waals surface area contributed by atoms with Crippen molar-refractivity contribution in [3.05, 3.63) is 131 Å². The number of anilines is 2. The number of nitrogens with zero attached hydrogens (tertiary/aromatic N) is 8. The molecule has 18 nitrogen and oxygen atoms in total. The van der Waals surface area contributed by atoms with Crippen LogP contribution in [0.2, 0.25) is 0 Å². The molecule has 0 saturated heterocycles. The van der Waals surface area contributed by atoms with Gasteiger partial charge >= 0.3 is 11.9 Å². The molecule has 0 fully saturated rings. The standard InChI is InChI=1S/C32H22F2N10O8S/c33-21-11-19(31(47)48)25(37-29(45)23-1-3-27(41-39-23)43-7-5-35-15-43)9-17(21)13-53(51,52)14-18-10-26(20(32(49)50)12-22(18)34)38-30(46)24-2-4-28(42-40-24)44-8-6-36-16-44/h1-12,15-16H,13-14H2,(H,37,45)(H,38,46)(H,47,48)(H,49,50). The van der Waals surface area contributed by atoms with E-state index in [4.69, 9.17) is 0 Å². The maximum atomic E-state index is 15.1. The highest BCUT2D eigenvalue weighted by Gasteiger charge is 2.25. The second-order valence-corrected chi connectivity index (χ2v) is 13.1. The minimum absolute atomic E-state index is 0.259. The first kappa shape index (κ1) is 35.5. The third-order valence-electron chi connectivity index (χ3n) is 7.39. The predicted molar refractivity (Wildman–Crippen MR) is 177 cm³/mol. The number of halogens is 2. The van der Waals surface area contributed by atoms with Gasteiger partial charge in [0.1, 0.15) is 24.3 Å². The van der Waals surface area contributed by atoms with Crippen molar-refractivity contribution in [2.75, 3.05) is 10.6 Å². The SMILES string of the molecule is O=C(Nc1cc(CS(=O)(=O)Cc2cc(NC(=O)c3ccc(-n4ccnc4)nn3)c(C(=O)O)cc2F)c(F)cc1C(=O)O)c1ccc(-n2ccnc2)nn1. The van der Waals surface area contributed by atoms with Crippen molar-refractivity contribution in [2.45, 2.75) is 11.5 Å². The van der Waals surface area contributed by atoms with Gasteiger partial charge in [0.2, 0.25) is 0 Å². The fraction of sp³-hybridized carbons (Fsp3) is 0.0625. The minimum atomic E-state index is -4.51. The van der Waals surface area contributed by atoms with E-state index in [1.54, 1.807) is 12.4 Å². The molecule has 268 valence electrons. The number of nitrogens with one attached hydrogen (secondary N) is 2. The van der Waals surface area contributed by atoms with Gasteiger partial charge in [0.05, 0.1) is 34.0 Å². The highest BCUT2D eigenvalue weighted by molar-refractivity contribution is 7.89. The van der Waals surface area contributed by atoms with E-state index in [9.17, 15) is 37.8 Å². The number of imidazole rings is 2. The molecule has 53 heavy (non-hydrogen) atoms. The van der Waals surface area contributed by atoms with Crippen LogP contribution in [0.5, 0.6) is 0 Å². The van der Waals surface area contributed by atoms with Crippen LogP contribution in [-0.4, -0.2) is 81.9 Å². The van der Waals surface area contributed by atoms with E-state index in [1.165, 1.54) is 58.4 Å². The topological polar surface area (TPSA) is 254 Å². The Kier molecular flexibility index (Phi) is 9.73. The van der Waals surface area contributed by atoms with Crippen molar-refractivity contribution >= 4 is 45.0 Å². The quantitative estimate of drug-likeness (QED) is 0.141. The number of rotatable bonds is 12. The molecule has 21 heteroatoms. The number of carboxylic acids is 2. The molecule has 2 amide bonds. The van der Waals surface area contributed by atoms with Gasteiger partial charge in [0.15, 0.2) is 32.9 Å². The summed E-state index contributed by atoms with van der Waals surface area (Å²) < 4.78 is 59.8. The molecule has 2 aromatic carbocycles. The fourth-order valence-corrected chi connectivity index (χ4v) is 6.37. The van der Waals surface area contributed by atoms with Crippen molar-refractivity contribution in [1.29, 1.82) is 0 Å². The summed E-state index contributed by atoms with van der Waals surface area (Å²) in [5, 5.41) is 39.2. The van der Waals surface area contributed by atoms with E-state index in [0.717, 1.165) is 12.1 Å². The molecule has 0 atom stereocenters. The van der Waals surface area contributed by atoms with Crippen molar-refractivity contribution < 1.29 is 46.6 Å². The Hall–Kier alpha value is -7.29. The fourth-order valence-electron chi connectivity index (χ4n) is 4.87. The Morgan fingerprint density at radius 3 is 1.38 bits per heavy atom. The van der Waals surface area contributed by atoms with Gasteiger partial charge in [0, 0.05) is 35.9 Å². The maximum Gasteiger partial charge on any atom is 0.337 e. The van der Waals surface area contributed by atoms with E-state index in [-0.39, 0.29) is 11.4 Å². The van der Waals surface area contributed by atoms with Crippen molar-refractivity contribution in [2.24, 2.45) is 0 Å². The zero-order valence-electron chi connectivity index (χ0n) is 26.6. The number of hydrogen-bond donors (Lipinski definition) is 4. The first-order valence-corrected chi connectivity index (χ1v) is 16.7. The molecule has 4 heterocycles. The smallest absolute Gasteiger partial charge is 0.337 e. The van der Waals surface area contributed by atoms with Crippen LogP contribution in [0.25, 0.3) is 11.6 Å². The van der Waals surface area contributed by atoms with Crippen molar-refractivity contribution in [3.63, 3.8) is 0 Å². The number of benzene rings is 2. The number of carboxylic acid groups (broad SMARTS) is 2. The summed E-state index contributed by atoms with van der Waals surface area (Å²) >= 11 is 0. The molecular weight excluding hydrogens is 722 g/mol. The van der Waals surface area contributed by atoms with Crippen LogP contribution in [-0.2, 0) is 21.3 Å². The number of carbonyl (C=O) groups excluding carboxylic acids is 2. The second-order valence-electron chi connectivity index (χ2n) is 11.0. The highest BCUT2D eigenvalue weighted by Crippen LogP contribution is 2.27. The van der Waals surface area contributed by atoms with E-state index < -0.39 is 90.4 Å². The van der Waals surface area contributed by atoms with E-state index >= 15 is 8.78 Å². The Balaban J connectivity index is 1.22. The summed E-state index contributed by atoms with van der Waals surface area (Å²) in [6.45, 7) is 0. The number of hydrogen-bond acceptors (Lipinski definition) is 12. The molecule has 4 N–H and O–H groups in total. The third kappa shape index (κ3) is 8.04. The number of carbonyl (C=O) groups is 4. The van der Waals surface area contributed by atoms with Gasteiger partial charge in [-0.05, 0) is 48.5 Å². The highest BCUT2D eigenvalue weighted by atomic mass is 32.2. The second kappa shape index (κ2) is 14.5. The summed E-state index contributed by atoms with van der Waals surface area (Å²) in [4.78, 5) is 57.4. The molecule has 0 bridgehead atoms. The van der Waals surface area contributed by atoms with Gasteiger partial charge < -0.3 is 20.8 Å². The molecule has 0 unspecified atom stereocenters. The molecule has 0 spiro atoms. The van der Waals surface area contributed by atoms with Crippen LogP contribution < -0.4 is 10.6 Å².